The second kappa shape index (κ2) is 3.98. The quantitative estimate of drug-likeness (QED) is 0.528. The average Bonchev–Trinajstić information content (AvgIpc) is 2.83. The van der Waals surface area contributed by atoms with Crippen molar-refractivity contribution >= 4 is 11.7 Å². The highest BCUT2D eigenvalue weighted by molar-refractivity contribution is 6.00. The Morgan fingerprint density at radius 3 is 2.78 bits per heavy atom. The first kappa shape index (κ1) is 12.9. The molecule has 98 valence electrons. The van der Waals surface area contributed by atoms with Crippen LogP contribution in [0.1, 0.15) is 33.6 Å². The molecule has 0 amide bonds. The lowest BCUT2D eigenvalue weighted by Crippen LogP contribution is -2.48. The van der Waals surface area contributed by atoms with Crippen LogP contribution < -0.4 is 0 Å². The topological polar surface area (TPSA) is 52.2 Å². The lowest BCUT2D eigenvalue weighted by molar-refractivity contribution is -0.168. The number of hydrogen-bond donors (Lipinski definition) is 0. The monoisotopic (exact) mass is 250 g/mol. The molecule has 0 radical (unpaired) electrons. The third-order valence-electron chi connectivity index (χ3n) is 3.77. The molecule has 1 heterocycles. The summed E-state index contributed by atoms with van der Waals surface area (Å²) in [6.45, 7) is 13.3. The van der Waals surface area contributed by atoms with E-state index in [0.717, 1.165) is 5.71 Å². The molecule has 1 aliphatic heterocycles. The summed E-state index contributed by atoms with van der Waals surface area (Å²) in [4.78, 5) is 21.1. The molecule has 0 aromatic heterocycles. The van der Waals surface area contributed by atoms with Gasteiger partial charge in [0.2, 0.25) is 11.6 Å². The summed E-state index contributed by atoms with van der Waals surface area (Å²) in [5.74, 6) is -0.691. The third kappa shape index (κ3) is 1.59. The molecule has 5 nitrogen and oxygen atoms in total. The van der Waals surface area contributed by atoms with Gasteiger partial charge < -0.3 is 14.4 Å². The van der Waals surface area contributed by atoms with Crippen LogP contribution in [0.3, 0.4) is 0 Å². The average molecular weight is 250 g/mol. The molecule has 1 saturated carbocycles. The van der Waals surface area contributed by atoms with Gasteiger partial charge in [0.1, 0.15) is 5.92 Å². The summed E-state index contributed by atoms with van der Waals surface area (Å²) in [7, 11) is 1.34. The molecule has 0 saturated heterocycles. The van der Waals surface area contributed by atoms with Crippen molar-refractivity contribution in [2.45, 2.75) is 45.3 Å². The fourth-order valence-corrected chi connectivity index (χ4v) is 2.87. The Morgan fingerprint density at radius 2 is 2.28 bits per heavy atom. The van der Waals surface area contributed by atoms with Gasteiger partial charge in [-0.1, -0.05) is 25.9 Å². The van der Waals surface area contributed by atoms with E-state index in [4.69, 9.17) is 16.1 Å². The second-order valence-corrected chi connectivity index (χ2v) is 5.91. The Hall–Kier alpha value is -1.57. The van der Waals surface area contributed by atoms with Crippen molar-refractivity contribution in [1.82, 2.24) is 0 Å². The van der Waals surface area contributed by atoms with Crippen molar-refractivity contribution in [1.29, 1.82) is 0 Å². The first-order valence-electron chi connectivity index (χ1n) is 6.08. The van der Waals surface area contributed by atoms with Gasteiger partial charge in [0.25, 0.3) is 0 Å². The molecule has 0 aromatic rings. The van der Waals surface area contributed by atoms with E-state index in [2.05, 4.69) is 10.0 Å². The molecule has 1 fully saturated rings. The highest BCUT2D eigenvalue weighted by atomic mass is 16.7. The number of esters is 1. The van der Waals surface area contributed by atoms with Gasteiger partial charge in [-0.2, -0.15) is 0 Å². The van der Waals surface area contributed by atoms with Gasteiger partial charge in [-0.25, -0.2) is 11.4 Å². The summed E-state index contributed by atoms with van der Waals surface area (Å²) in [5.41, 5.74) is -0.480. The van der Waals surface area contributed by atoms with Gasteiger partial charge >= 0.3 is 5.97 Å². The van der Waals surface area contributed by atoms with Crippen LogP contribution >= 0.6 is 0 Å². The summed E-state index contributed by atoms with van der Waals surface area (Å²) < 4.78 is 4.85. The maximum Gasteiger partial charge on any atom is 0.354 e. The van der Waals surface area contributed by atoms with Crippen molar-refractivity contribution < 1.29 is 14.4 Å². The standard InChI is InChI=1S/C13H18N2O3/c1-12(2,3)10-9-8(14-4)6-7-13(9,18-15-10)11(16)17-5/h8-9H,6-7H2,1-3,5H3. The summed E-state index contributed by atoms with van der Waals surface area (Å²) >= 11 is 0. The van der Waals surface area contributed by atoms with E-state index < -0.39 is 11.6 Å². The molecule has 18 heavy (non-hydrogen) atoms. The first-order chi connectivity index (χ1) is 8.36. The Labute approximate surface area is 107 Å². The lowest BCUT2D eigenvalue weighted by Gasteiger charge is -2.26. The molecule has 0 spiro atoms. The maximum absolute atomic E-state index is 12.0. The van der Waals surface area contributed by atoms with Gasteiger partial charge in [-0.3, -0.25) is 0 Å². The fourth-order valence-electron chi connectivity index (χ4n) is 2.87. The number of rotatable bonds is 1. The fraction of sp³-hybridized carbons (Fsp3) is 0.769. The minimum Gasteiger partial charge on any atom is -0.466 e. The lowest BCUT2D eigenvalue weighted by atomic mass is 9.75. The predicted molar refractivity (Wildman–Crippen MR) is 65.8 cm³/mol. The van der Waals surface area contributed by atoms with Crippen LogP contribution in [0.25, 0.3) is 4.85 Å². The number of hydrogen-bond acceptors (Lipinski definition) is 4. The maximum atomic E-state index is 12.0. The van der Waals surface area contributed by atoms with Crippen LogP contribution in [0.4, 0.5) is 0 Å². The molecule has 1 aliphatic carbocycles. The number of carbonyl (C=O) groups excluding carboxylic acids is 1. The van der Waals surface area contributed by atoms with E-state index in [0.29, 0.717) is 12.8 Å². The highest BCUT2D eigenvalue weighted by Gasteiger charge is 2.67. The second-order valence-electron chi connectivity index (χ2n) is 5.91. The third-order valence-corrected chi connectivity index (χ3v) is 3.77. The summed E-state index contributed by atoms with van der Waals surface area (Å²) in [6, 6.07) is -0.246. The Morgan fingerprint density at radius 1 is 1.61 bits per heavy atom. The SMILES string of the molecule is [C-]#[N+]C1CCC2(C(=O)OC)ON=C(C(C)(C)C)C12. The first-order valence-corrected chi connectivity index (χ1v) is 6.08. The van der Waals surface area contributed by atoms with Crippen molar-refractivity contribution in [3.05, 3.63) is 11.4 Å². The molecule has 3 unspecified atom stereocenters. The zero-order valence-corrected chi connectivity index (χ0v) is 11.2. The molecular weight excluding hydrogens is 232 g/mol. The van der Waals surface area contributed by atoms with Gasteiger partial charge in [0.15, 0.2) is 0 Å². The van der Waals surface area contributed by atoms with Gasteiger partial charge in [0.05, 0.1) is 12.8 Å². The zero-order chi connectivity index (χ0) is 13.6. The smallest absolute Gasteiger partial charge is 0.354 e. The number of methoxy groups -OCH3 is 1. The Kier molecular flexibility index (Phi) is 2.84. The minimum absolute atomic E-state index is 0.215. The van der Waals surface area contributed by atoms with Crippen molar-refractivity contribution in [2.24, 2.45) is 16.5 Å². The number of oxime groups is 1. The number of nitrogens with zero attached hydrogens (tertiary/aromatic N) is 2. The van der Waals surface area contributed by atoms with Gasteiger partial charge in [-0.05, 0) is 0 Å². The minimum atomic E-state index is -1.06. The van der Waals surface area contributed by atoms with Crippen LogP contribution in [0.5, 0.6) is 0 Å². The van der Waals surface area contributed by atoms with Gasteiger partial charge in [-0.15, -0.1) is 0 Å². The van der Waals surface area contributed by atoms with E-state index in [1.54, 1.807) is 0 Å². The van der Waals surface area contributed by atoms with Crippen LogP contribution in [0.2, 0.25) is 0 Å². The van der Waals surface area contributed by atoms with Crippen molar-refractivity contribution in [2.75, 3.05) is 7.11 Å². The molecule has 0 bridgehead atoms. The number of carbonyl (C=O) groups is 1. The summed E-state index contributed by atoms with van der Waals surface area (Å²) in [6.07, 6.45) is 1.15. The largest absolute Gasteiger partial charge is 0.466 e. The molecule has 0 N–H and O–H groups in total. The molecular formula is C13H18N2O3. The Bertz CT molecular complexity index is 444. The normalized spacial score (nSPS) is 34.3. The predicted octanol–water partition coefficient (Wildman–Crippen LogP) is 2.03. The van der Waals surface area contributed by atoms with Gasteiger partial charge in [0, 0.05) is 18.3 Å². The van der Waals surface area contributed by atoms with Crippen LogP contribution in [-0.4, -0.2) is 30.4 Å². The van der Waals surface area contributed by atoms with E-state index in [1.807, 2.05) is 20.8 Å². The van der Waals surface area contributed by atoms with Crippen LogP contribution in [0.15, 0.2) is 5.16 Å². The zero-order valence-electron chi connectivity index (χ0n) is 11.2. The van der Waals surface area contributed by atoms with E-state index in [-0.39, 0.29) is 17.4 Å². The number of ether oxygens (including phenoxy) is 1. The van der Waals surface area contributed by atoms with Crippen molar-refractivity contribution in [3.63, 3.8) is 0 Å². The van der Waals surface area contributed by atoms with E-state index in [1.165, 1.54) is 7.11 Å². The van der Waals surface area contributed by atoms with E-state index >= 15 is 0 Å². The molecule has 2 rings (SSSR count). The Balaban J connectivity index is 2.43. The molecule has 0 aromatic carbocycles. The summed E-state index contributed by atoms with van der Waals surface area (Å²) in [5, 5.41) is 4.10. The van der Waals surface area contributed by atoms with Crippen LogP contribution in [0, 0.1) is 17.9 Å². The highest BCUT2D eigenvalue weighted by Crippen LogP contribution is 2.49. The van der Waals surface area contributed by atoms with E-state index in [9.17, 15) is 4.79 Å². The molecule has 5 heteroatoms. The van der Waals surface area contributed by atoms with Crippen molar-refractivity contribution in [3.8, 4) is 0 Å². The molecule has 3 atom stereocenters. The molecule has 2 aliphatic rings. The van der Waals surface area contributed by atoms with Crippen LogP contribution in [-0.2, 0) is 14.4 Å². The number of fused-ring (bicyclic) bond motifs is 1.